The summed E-state index contributed by atoms with van der Waals surface area (Å²) in [7, 11) is 0. The van der Waals surface area contributed by atoms with Crippen molar-refractivity contribution in [2.24, 2.45) is 5.92 Å². The van der Waals surface area contributed by atoms with Gasteiger partial charge in [0.2, 0.25) is 5.95 Å². The van der Waals surface area contributed by atoms with Crippen LogP contribution in [0, 0.1) is 5.92 Å². The quantitative estimate of drug-likeness (QED) is 0.766. The summed E-state index contributed by atoms with van der Waals surface area (Å²) < 4.78 is 2.08. The van der Waals surface area contributed by atoms with Crippen LogP contribution >= 0.6 is 11.6 Å². The molecule has 2 atom stereocenters. The first-order valence-corrected chi connectivity index (χ1v) is 5.56. The fraction of sp³-hybridized carbons (Fsp3) is 0.700. The third-order valence-electron chi connectivity index (χ3n) is 2.51. The van der Waals surface area contributed by atoms with E-state index in [1.54, 1.807) is 0 Å². The van der Waals surface area contributed by atoms with Crippen molar-refractivity contribution >= 4 is 17.5 Å². The highest BCUT2D eigenvalue weighted by Gasteiger charge is 2.12. The van der Waals surface area contributed by atoms with E-state index in [0.717, 1.165) is 12.5 Å². The van der Waals surface area contributed by atoms with Crippen LogP contribution in [-0.2, 0) is 6.54 Å². The summed E-state index contributed by atoms with van der Waals surface area (Å²) >= 11 is 5.79. The molecule has 0 fully saturated rings. The number of nitrogens with zero attached hydrogens (tertiary/aromatic N) is 2. The second-order valence-electron chi connectivity index (χ2n) is 3.60. The molecule has 1 aromatic rings. The molecule has 0 amide bonds. The highest BCUT2D eigenvalue weighted by Crippen LogP contribution is 2.12. The second kappa shape index (κ2) is 5.25. The summed E-state index contributed by atoms with van der Waals surface area (Å²) in [6.45, 7) is 7.29. The number of rotatable bonds is 5. The number of nitrogens with one attached hydrogen (secondary N) is 1. The van der Waals surface area contributed by atoms with Gasteiger partial charge >= 0.3 is 0 Å². The van der Waals surface area contributed by atoms with E-state index in [0.29, 0.717) is 17.8 Å². The molecule has 80 valence electrons. The average molecular weight is 216 g/mol. The third kappa shape index (κ3) is 2.64. The summed E-state index contributed by atoms with van der Waals surface area (Å²) in [5.74, 6) is 2.04. The Kier molecular flexibility index (Phi) is 4.26. The van der Waals surface area contributed by atoms with Gasteiger partial charge in [0.05, 0.1) is 0 Å². The van der Waals surface area contributed by atoms with E-state index in [1.807, 2.05) is 12.4 Å². The van der Waals surface area contributed by atoms with Crippen LogP contribution in [0.3, 0.4) is 0 Å². The Hall–Kier alpha value is -0.700. The second-order valence-corrected chi connectivity index (χ2v) is 3.91. The van der Waals surface area contributed by atoms with Crippen molar-refractivity contribution in [3.8, 4) is 0 Å². The Morgan fingerprint density at radius 2 is 2.29 bits per heavy atom. The molecule has 1 N–H and O–H groups in total. The predicted molar refractivity (Wildman–Crippen MR) is 60.9 cm³/mol. The standard InChI is InChI=1S/C10H18ClN3/c1-4-14-6-5-12-10(14)13-9(3)8(2)7-11/h5-6,8-9H,4,7H2,1-3H3,(H,12,13). The van der Waals surface area contributed by atoms with Gasteiger partial charge in [0.15, 0.2) is 0 Å². The zero-order valence-electron chi connectivity index (χ0n) is 9.00. The number of halogens is 1. The molecule has 0 saturated carbocycles. The van der Waals surface area contributed by atoms with Crippen molar-refractivity contribution < 1.29 is 0 Å². The molecule has 0 bridgehead atoms. The lowest BCUT2D eigenvalue weighted by Gasteiger charge is -2.20. The minimum Gasteiger partial charge on any atom is -0.353 e. The van der Waals surface area contributed by atoms with E-state index < -0.39 is 0 Å². The maximum absolute atomic E-state index is 5.79. The molecule has 0 aliphatic heterocycles. The van der Waals surface area contributed by atoms with Gasteiger partial charge in [0.25, 0.3) is 0 Å². The molecule has 0 aliphatic carbocycles. The molecule has 14 heavy (non-hydrogen) atoms. The van der Waals surface area contributed by atoms with Gasteiger partial charge in [-0.3, -0.25) is 0 Å². The first-order valence-electron chi connectivity index (χ1n) is 5.02. The van der Waals surface area contributed by atoms with Gasteiger partial charge < -0.3 is 9.88 Å². The number of alkyl halides is 1. The summed E-state index contributed by atoms with van der Waals surface area (Å²) in [4.78, 5) is 4.25. The van der Waals surface area contributed by atoms with Crippen molar-refractivity contribution in [1.82, 2.24) is 9.55 Å². The van der Waals surface area contributed by atoms with Crippen molar-refractivity contribution in [1.29, 1.82) is 0 Å². The zero-order chi connectivity index (χ0) is 10.6. The number of hydrogen-bond acceptors (Lipinski definition) is 2. The molecule has 0 radical (unpaired) electrons. The molecule has 4 heteroatoms. The van der Waals surface area contributed by atoms with Crippen LogP contribution < -0.4 is 5.32 Å². The topological polar surface area (TPSA) is 29.9 Å². The fourth-order valence-electron chi connectivity index (χ4n) is 1.18. The Morgan fingerprint density at radius 3 is 2.86 bits per heavy atom. The van der Waals surface area contributed by atoms with Crippen molar-refractivity contribution in [3.05, 3.63) is 12.4 Å². The molecular formula is C10H18ClN3. The van der Waals surface area contributed by atoms with Gasteiger partial charge in [-0.05, 0) is 19.8 Å². The van der Waals surface area contributed by atoms with Gasteiger partial charge in [-0.15, -0.1) is 11.6 Å². The van der Waals surface area contributed by atoms with Crippen LogP contribution in [0.2, 0.25) is 0 Å². The lowest BCUT2D eigenvalue weighted by molar-refractivity contribution is 0.557. The first kappa shape index (κ1) is 11.4. The average Bonchev–Trinajstić information content (AvgIpc) is 2.63. The lowest BCUT2D eigenvalue weighted by Crippen LogP contribution is -2.26. The molecule has 3 nitrogen and oxygen atoms in total. The molecule has 0 saturated heterocycles. The fourth-order valence-corrected chi connectivity index (χ4v) is 1.45. The van der Waals surface area contributed by atoms with E-state index in [9.17, 15) is 0 Å². The SMILES string of the molecule is CCn1ccnc1NC(C)C(C)CCl. The number of aryl methyl sites for hydroxylation is 1. The molecule has 1 heterocycles. The molecule has 0 spiro atoms. The smallest absolute Gasteiger partial charge is 0.202 e. The van der Waals surface area contributed by atoms with Crippen molar-refractivity contribution in [2.45, 2.75) is 33.4 Å². The Bertz CT molecular complexity index is 272. The van der Waals surface area contributed by atoms with Gasteiger partial charge in [-0.1, -0.05) is 6.92 Å². The van der Waals surface area contributed by atoms with Crippen LogP contribution in [0.15, 0.2) is 12.4 Å². The van der Waals surface area contributed by atoms with Gasteiger partial charge in [0, 0.05) is 30.9 Å². The summed E-state index contributed by atoms with van der Waals surface area (Å²) in [5, 5.41) is 3.36. The van der Waals surface area contributed by atoms with E-state index in [4.69, 9.17) is 11.6 Å². The molecule has 0 aliphatic rings. The number of imidazole rings is 1. The summed E-state index contributed by atoms with van der Waals surface area (Å²) in [6.07, 6.45) is 3.78. The molecule has 0 aromatic carbocycles. The molecule has 1 rings (SSSR count). The van der Waals surface area contributed by atoms with E-state index >= 15 is 0 Å². The Morgan fingerprint density at radius 1 is 1.57 bits per heavy atom. The summed E-state index contributed by atoms with van der Waals surface area (Å²) in [5.41, 5.74) is 0. The minimum atomic E-state index is 0.347. The molecule has 1 aromatic heterocycles. The van der Waals surface area contributed by atoms with Crippen LogP contribution in [0.4, 0.5) is 5.95 Å². The Labute approximate surface area is 90.5 Å². The number of hydrogen-bond donors (Lipinski definition) is 1. The third-order valence-corrected chi connectivity index (χ3v) is 3.00. The highest BCUT2D eigenvalue weighted by atomic mass is 35.5. The summed E-state index contributed by atoms with van der Waals surface area (Å²) in [6, 6.07) is 0.347. The van der Waals surface area contributed by atoms with Gasteiger partial charge in [0.1, 0.15) is 0 Å². The van der Waals surface area contributed by atoms with Crippen molar-refractivity contribution in [2.75, 3.05) is 11.2 Å². The van der Waals surface area contributed by atoms with Crippen LogP contribution in [0.1, 0.15) is 20.8 Å². The van der Waals surface area contributed by atoms with Gasteiger partial charge in [-0.2, -0.15) is 0 Å². The number of aromatic nitrogens is 2. The monoisotopic (exact) mass is 215 g/mol. The minimum absolute atomic E-state index is 0.347. The molecule has 2 unspecified atom stereocenters. The predicted octanol–water partition coefficient (Wildman–Crippen LogP) is 2.58. The Balaban J connectivity index is 2.59. The van der Waals surface area contributed by atoms with E-state index in [2.05, 4.69) is 35.6 Å². The van der Waals surface area contributed by atoms with Crippen molar-refractivity contribution in [3.63, 3.8) is 0 Å². The normalized spacial score (nSPS) is 15.1. The maximum atomic E-state index is 5.79. The highest BCUT2D eigenvalue weighted by molar-refractivity contribution is 6.18. The number of anilines is 1. The van der Waals surface area contributed by atoms with Crippen LogP contribution in [0.5, 0.6) is 0 Å². The van der Waals surface area contributed by atoms with Crippen LogP contribution in [-0.4, -0.2) is 21.5 Å². The zero-order valence-corrected chi connectivity index (χ0v) is 9.75. The molecular weight excluding hydrogens is 198 g/mol. The first-order chi connectivity index (χ1) is 6.69. The maximum Gasteiger partial charge on any atom is 0.202 e. The lowest BCUT2D eigenvalue weighted by atomic mass is 10.1. The van der Waals surface area contributed by atoms with Crippen LogP contribution in [0.25, 0.3) is 0 Å². The van der Waals surface area contributed by atoms with E-state index in [1.165, 1.54) is 0 Å². The van der Waals surface area contributed by atoms with E-state index in [-0.39, 0.29) is 0 Å². The van der Waals surface area contributed by atoms with Gasteiger partial charge in [-0.25, -0.2) is 4.98 Å². The largest absolute Gasteiger partial charge is 0.353 e.